The molecule has 0 heterocycles. The van der Waals surface area contributed by atoms with E-state index in [0.29, 0.717) is 25.7 Å². The summed E-state index contributed by atoms with van der Waals surface area (Å²) < 4.78 is 229. The van der Waals surface area contributed by atoms with E-state index in [9.17, 15) is 78.1 Å². The molecule has 1 unspecified atom stereocenters. The van der Waals surface area contributed by atoms with Crippen LogP contribution in [-0.2, 0) is 115 Å². The fraction of sp³-hybridized carbons (Fsp3) is 0.857. The first kappa shape index (κ1) is 125. The monoisotopic (exact) mass is 1670 g/mol. The van der Waals surface area contributed by atoms with E-state index in [1.54, 1.807) is 11.8 Å². The van der Waals surface area contributed by atoms with Gasteiger partial charge in [-0.3, -0.25) is 55.9 Å². The largest absolute Gasteiger partial charge is 0.505 e. The first-order valence-corrected chi connectivity index (χ1v) is 39.6. The van der Waals surface area contributed by atoms with Crippen LogP contribution in [-0.4, -0.2) is 333 Å². The van der Waals surface area contributed by atoms with Crippen LogP contribution in [0, 0.1) is 5.41 Å². The predicted molar refractivity (Wildman–Crippen MR) is 354 cm³/mol. The van der Waals surface area contributed by atoms with Crippen LogP contribution in [0.15, 0.2) is 0 Å². The van der Waals surface area contributed by atoms with Crippen molar-refractivity contribution in [1.82, 2.24) is 4.90 Å². The Morgan fingerprint density at radius 1 is 0.510 bits per heavy atom. The van der Waals surface area contributed by atoms with Gasteiger partial charge < -0.3 is 89.6 Å². The Hall–Kier alpha value is -4.52. The van der Waals surface area contributed by atoms with E-state index >= 15 is 0 Å². The van der Waals surface area contributed by atoms with Crippen molar-refractivity contribution < 1.29 is 197 Å². The molecule has 0 fully saturated rings. The number of aliphatic hydroxyl groups excluding tert-OH is 6. The maximum atomic E-state index is 10.4. The number of carbonyl (C=O) groups is 6. The Morgan fingerprint density at radius 2 is 0.840 bits per heavy atom. The topological polar surface area (TPSA) is 909 Å². The molecule has 0 aliphatic rings. The highest BCUT2D eigenvalue weighted by Crippen LogP contribution is 2.22. The molecule has 0 aliphatic heterocycles. The number of carboxylic acid groups (broad SMARTS) is 5. The van der Waals surface area contributed by atoms with Gasteiger partial charge in [0.05, 0.1) is 81.3 Å². The molecule has 100 heavy (non-hydrogen) atoms. The van der Waals surface area contributed by atoms with Crippen LogP contribution in [0.25, 0.3) is 0 Å². The summed E-state index contributed by atoms with van der Waals surface area (Å²) in [5, 5.41) is 90.0. The molecule has 0 aromatic carbocycles. The van der Waals surface area contributed by atoms with Crippen LogP contribution < -0.4 is 28.7 Å². The summed E-state index contributed by atoms with van der Waals surface area (Å²) in [4.78, 5) is 58.8. The molecular formula is C42H102N6O43S9. The van der Waals surface area contributed by atoms with Gasteiger partial charge in [0, 0.05) is 51.0 Å². The average molecular weight is 1670 g/mol. The Labute approximate surface area is 587 Å². The summed E-state index contributed by atoms with van der Waals surface area (Å²) in [6.45, 7) is 3.86. The number of carbonyl (C=O) groups excluding carboxylic acids is 1. The molecule has 1 amide bonds. The molecule has 612 valence electrons. The number of aliphatic hydroxyl groups is 6. The highest BCUT2D eigenvalue weighted by Gasteiger charge is 2.28. The molecule has 0 radical (unpaired) electrons. The number of hydrogen-bond donors (Lipinski definition) is 24. The number of rotatable bonds is 35. The standard InChI is InChI=1S/C7H16O6S.C6H15NO5S.C5H11NO4S.C5H10O2.C4H9NO2.C4H10O3S.C2H7NO4S.C2H7NO3S.2C2H4O3.C2H4O2S.CH5NO3S.O3S/c8-4-7(5-9,6-10)2-1-3-14(11,12)13;8-4-1-7(2-5-9)3-6-13(10,11)12;6-5(7)3-1-2-4-11(8,9)10;1-2-3-4-5(6)7;1-2-3(5)4(6)7;1-2-3-4-8(5,6)7;3-1-2-7-8(4,5)6;3-1-2-7(4,5)6;1-5-2(3)4;3-1-2(4)5;3-2(4)1-5;2-1-6(3,4)5;1-4(2)3/h8-10H,1-6H2,(H,11,12,13);8-9H,1-6H2,(H,10,11,12);1-4H2,(H2,6,7)(H,8,9,10);2-4H2,1H3,(H,6,7);3H,2,5H2,1H3,(H,6,7);2-4H2,1H3,(H,5,6,7);1-3H2,(H,4,5,6);1-3H2,(H,4,5,6);1H3,(H,3,4);3H,1H2,(H,4,5);5H,1H2,(H,3,4);1-2H2,(H,3,4,5);. The Kier molecular flexibility index (Phi) is 98.5. The number of amides is 1. The van der Waals surface area contributed by atoms with E-state index in [2.05, 4.69) is 27.3 Å². The van der Waals surface area contributed by atoms with Crippen LogP contribution in [0.3, 0.4) is 0 Å². The second kappa shape index (κ2) is 78.6. The summed E-state index contributed by atoms with van der Waals surface area (Å²) in [7, 11) is -29.5. The number of methoxy groups -OCH3 is 1. The highest BCUT2D eigenvalue weighted by atomic mass is 32.3. The minimum absolute atomic E-state index is 0.0289. The summed E-state index contributed by atoms with van der Waals surface area (Å²) >= 11 is 3.42. The molecule has 0 spiro atoms. The molecular weight excluding hydrogens is 1570 g/mol. The third kappa shape index (κ3) is 186. The number of unbranched alkanes of at least 4 members (excludes halogenated alkanes) is 3. The van der Waals surface area contributed by atoms with Crippen LogP contribution in [0.1, 0.15) is 91.4 Å². The van der Waals surface area contributed by atoms with Crippen molar-refractivity contribution >= 4 is 130 Å². The van der Waals surface area contributed by atoms with Crippen molar-refractivity contribution in [3.63, 3.8) is 0 Å². The molecule has 0 saturated carbocycles. The molecule has 0 bridgehead atoms. The van der Waals surface area contributed by atoms with E-state index in [4.69, 9.17) is 133 Å². The van der Waals surface area contributed by atoms with Gasteiger partial charge in [0.15, 0.2) is 0 Å². The van der Waals surface area contributed by atoms with Crippen LogP contribution in [0.4, 0.5) is 4.79 Å². The van der Waals surface area contributed by atoms with E-state index in [0.717, 1.165) is 26.4 Å². The van der Waals surface area contributed by atoms with Crippen molar-refractivity contribution in [3.8, 4) is 0 Å². The van der Waals surface area contributed by atoms with Crippen molar-refractivity contribution in [2.75, 3.05) is 126 Å². The van der Waals surface area contributed by atoms with Crippen molar-refractivity contribution in [2.45, 2.75) is 97.4 Å². The van der Waals surface area contributed by atoms with Gasteiger partial charge >= 0.3 is 51.0 Å². The smallest absolute Gasteiger partial charge is 0.481 e. The van der Waals surface area contributed by atoms with Crippen LogP contribution in [0.2, 0.25) is 0 Å². The van der Waals surface area contributed by atoms with Gasteiger partial charge in [-0.15, -0.1) is 12.6 Å². The number of primary amides is 1. The van der Waals surface area contributed by atoms with Crippen molar-refractivity contribution in [2.24, 2.45) is 34.1 Å². The van der Waals surface area contributed by atoms with E-state index in [1.165, 1.54) is 0 Å². The summed E-state index contributed by atoms with van der Waals surface area (Å²) in [5.41, 5.74) is 22.8. The van der Waals surface area contributed by atoms with E-state index in [1.807, 2.05) is 13.8 Å². The zero-order valence-corrected chi connectivity index (χ0v) is 62.0. The first-order chi connectivity index (χ1) is 45.0. The van der Waals surface area contributed by atoms with Gasteiger partial charge in [-0.05, 0) is 44.9 Å². The fourth-order valence-electron chi connectivity index (χ4n) is 3.59. The lowest BCUT2D eigenvalue weighted by molar-refractivity contribution is -0.140. The number of thiol groups is 1. The maximum absolute atomic E-state index is 10.4. The highest BCUT2D eigenvalue weighted by molar-refractivity contribution is 7.87. The maximum Gasteiger partial charge on any atom is 0.505 e. The molecule has 0 rings (SSSR count). The Morgan fingerprint density at radius 3 is 0.990 bits per heavy atom. The third-order valence-corrected chi connectivity index (χ3v) is 13.3. The SMILES string of the molecule is CCC(N)C(=O)O.CCCCC(=O)O.CCCCS(=O)(=O)O.COC(=O)O.NC(=O)CCCCS(=O)(=O)O.NCCOS(=O)(=O)O.NCCS(=O)(=O)O.NCS(=O)(=O)O.O=C(O)CO.O=C(O)CS.O=S(=O)(O)CCCC(CO)(CO)CO.O=S(=O)(O)CCN(CCO)CCO.O=S(=O)=O. The lowest BCUT2D eigenvalue weighted by atomic mass is 9.86. The minimum atomic E-state index is -4.27. The number of carboxylic acids is 4. The summed E-state index contributed by atoms with van der Waals surface area (Å²) in [6, 6.07) is -0.681. The van der Waals surface area contributed by atoms with Gasteiger partial charge in [0.2, 0.25) is 5.91 Å². The fourth-order valence-corrected chi connectivity index (χ4v) is 6.42. The average Bonchev–Trinajstić information content (AvgIpc) is 0.895. The van der Waals surface area contributed by atoms with Gasteiger partial charge in [-0.25, -0.2) is 13.8 Å². The molecule has 0 aromatic rings. The van der Waals surface area contributed by atoms with Crippen molar-refractivity contribution in [3.05, 3.63) is 0 Å². The van der Waals surface area contributed by atoms with Gasteiger partial charge in [-0.2, -0.15) is 71.6 Å². The van der Waals surface area contributed by atoms with E-state index < -0.39 is 167 Å². The van der Waals surface area contributed by atoms with Crippen LogP contribution >= 0.6 is 12.6 Å². The van der Waals surface area contributed by atoms with Gasteiger partial charge in [0.25, 0.3) is 60.7 Å². The molecule has 49 nitrogen and oxygen atoms in total. The van der Waals surface area contributed by atoms with E-state index in [-0.39, 0.29) is 107 Å². The molecule has 0 saturated heterocycles. The molecule has 28 N–H and O–H groups in total. The molecule has 0 aliphatic carbocycles. The second-order valence-electron chi connectivity index (χ2n) is 17.3. The molecule has 58 heteroatoms. The van der Waals surface area contributed by atoms with Gasteiger partial charge in [-0.1, -0.05) is 33.6 Å². The zero-order chi connectivity index (χ0) is 82.8. The number of ether oxygens (including phenoxy) is 1. The summed E-state index contributed by atoms with van der Waals surface area (Å²) in [6.07, 6.45) is 3.71. The normalized spacial score (nSPS) is 10.9. The number of aliphatic carboxylic acids is 4. The Balaban J connectivity index is -0.0000000758. The quantitative estimate of drug-likeness (QED) is 0.0121. The zero-order valence-electron chi connectivity index (χ0n) is 54.6. The number of hydrogen-bond acceptors (Lipinski definition) is 37. The van der Waals surface area contributed by atoms with Gasteiger partial charge in [0.1, 0.15) is 18.5 Å². The second-order valence-corrected chi connectivity index (χ2v) is 28.5. The Bertz CT molecular complexity index is 2870. The lowest BCUT2D eigenvalue weighted by Gasteiger charge is -2.26. The first-order valence-electron chi connectivity index (χ1n) is 26.9. The minimum Gasteiger partial charge on any atom is -0.481 e. The third-order valence-electron chi connectivity index (χ3n) is 8.33. The number of nitrogens with zero attached hydrogens (tertiary/aromatic N) is 1. The number of nitrogens with two attached hydrogens (primary N) is 5. The molecule has 0 aromatic heterocycles. The predicted octanol–water partition coefficient (Wildman–Crippen LogP) is -7.19. The van der Waals surface area contributed by atoms with Crippen molar-refractivity contribution in [1.29, 1.82) is 0 Å². The molecule has 1 atom stereocenters. The van der Waals surface area contributed by atoms with Crippen LogP contribution in [0.5, 0.6) is 0 Å². The summed E-state index contributed by atoms with van der Waals surface area (Å²) in [5.74, 6) is -6.52. The lowest BCUT2D eigenvalue weighted by Crippen LogP contribution is -2.34.